The van der Waals surface area contributed by atoms with Crippen molar-refractivity contribution in [2.75, 3.05) is 6.35 Å². The Hall–Kier alpha value is -0.820. The maximum Gasteiger partial charge on any atom is 0.300 e. The standard InChI is InChI=1S/C12H17F2O5PS/c1-4-9-10(13)5-6-11(14)12(9)21(16,17)18-7-20(15)19-8(2)3/h5-6,8,20H,4,7H2,1-3H3. The summed E-state index contributed by atoms with van der Waals surface area (Å²) in [6, 6.07) is 1.55. The molecule has 0 saturated carbocycles. The minimum Gasteiger partial charge on any atom is -0.326 e. The maximum absolute atomic E-state index is 13.7. The van der Waals surface area contributed by atoms with Gasteiger partial charge in [-0.05, 0) is 32.4 Å². The quantitative estimate of drug-likeness (QED) is 0.562. The van der Waals surface area contributed by atoms with Crippen molar-refractivity contribution in [3.05, 3.63) is 29.3 Å². The predicted octanol–water partition coefficient (Wildman–Crippen LogP) is 3.09. The van der Waals surface area contributed by atoms with Gasteiger partial charge in [-0.1, -0.05) is 6.92 Å². The molecule has 0 aliphatic carbocycles. The van der Waals surface area contributed by atoms with Gasteiger partial charge in [0.15, 0.2) is 0 Å². The summed E-state index contributed by atoms with van der Waals surface area (Å²) in [5.74, 6) is -1.95. The second kappa shape index (κ2) is 7.45. The van der Waals surface area contributed by atoms with Gasteiger partial charge in [0.2, 0.25) is 8.03 Å². The van der Waals surface area contributed by atoms with E-state index in [1.165, 1.54) is 6.92 Å². The Bertz CT molecular complexity index is 631. The minimum absolute atomic E-state index is 0.0286. The summed E-state index contributed by atoms with van der Waals surface area (Å²) in [4.78, 5) is -0.857. The number of hydrogen-bond donors (Lipinski definition) is 0. The lowest BCUT2D eigenvalue weighted by molar-refractivity contribution is 0.241. The van der Waals surface area contributed by atoms with Gasteiger partial charge >= 0.3 is 10.1 Å². The first-order valence-electron chi connectivity index (χ1n) is 6.24. The van der Waals surface area contributed by atoms with E-state index in [4.69, 9.17) is 4.52 Å². The van der Waals surface area contributed by atoms with Gasteiger partial charge in [0.05, 0.1) is 6.10 Å². The van der Waals surface area contributed by atoms with Crippen molar-refractivity contribution >= 4 is 18.1 Å². The Morgan fingerprint density at radius 2 is 1.81 bits per heavy atom. The lowest BCUT2D eigenvalue weighted by atomic mass is 10.1. The van der Waals surface area contributed by atoms with Crippen LogP contribution in [0.15, 0.2) is 17.0 Å². The fraction of sp³-hybridized carbons (Fsp3) is 0.500. The van der Waals surface area contributed by atoms with Crippen molar-refractivity contribution in [2.24, 2.45) is 0 Å². The van der Waals surface area contributed by atoms with Crippen LogP contribution in [-0.2, 0) is 29.8 Å². The summed E-state index contributed by atoms with van der Waals surface area (Å²) in [5.41, 5.74) is -0.306. The highest BCUT2D eigenvalue weighted by atomic mass is 32.2. The lowest BCUT2D eigenvalue weighted by Crippen LogP contribution is -2.13. The third kappa shape index (κ3) is 4.85. The van der Waals surface area contributed by atoms with E-state index in [2.05, 4.69) is 4.18 Å². The summed E-state index contributed by atoms with van der Waals surface area (Å²) < 4.78 is 72.1. The summed E-state index contributed by atoms with van der Waals surface area (Å²) >= 11 is 0. The molecule has 1 aromatic rings. The van der Waals surface area contributed by atoms with Gasteiger partial charge in [-0.25, -0.2) is 8.78 Å². The highest BCUT2D eigenvalue weighted by Gasteiger charge is 2.27. The van der Waals surface area contributed by atoms with Crippen LogP contribution < -0.4 is 0 Å². The topological polar surface area (TPSA) is 69.7 Å². The van der Waals surface area contributed by atoms with Crippen molar-refractivity contribution in [1.29, 1.82) is 0 Å². The van der Waals surface area contributed by atoms with Gasteiger partial charge in [0.25, 0.3) is 0 Å². The van der Waals surface area contributed by atoms with Gasteiger partial charge in [-0.2, -0.15) is 8.42 Å². The molecule has 0 aliphatic rings. The Labute approximate surface area is 123 Å². The van der Waals surface area contributed by atoms with Gasteiger partial charge in [0.1, 0.15) is 22.9 Å². The molecule has 0 saturated heterocycles. The molecule has 5 nitrogen and oxygen atoms in total. The van der Waals surface area contributed by atoms with Crippen molar-refractivity contribution in [2.45, 2.75) is 38.2 Å². The van der Waals surface area contributed by atoms with Crippen molar-refractivity contribution < 1.29 is 30.5 Å². The van der Waals surface area contributed by atoms with Crippen LogP contribution in [-0.4, -0.2) is 20.9 Å². The fourth-order valence-corrected chi connectivity index (χ4v) is 4.22. The summed E-state index contributed by atoms with van der Waals surface area (Å²) in [6.45, 7) is 4.73. The number of halogens is 2. The van der Waals surface area contributed by atoms with Crippen LogP contribution in [0.3, 0.4) is 0 Å². The van der Waals surface area contributed by atoms with Crippen LogP contribution in [0, 0.1) is 11.6 Å². The average Bonchev–Trinajstić information content (AvgIpc) is 2.38. The first kappa shape index (κ1) is 18.2. The van der Waals surface area contributed by atoms with Crippen molar-refractivity contribution in [3.63, 3.8) is 0 Å². The van der Waals surface area contributed by atoms with Crippen molar-refractivity contribution in [1.82, 2.24) is 0 Å². The fourth-order valence-electron chi connectivity index (χ4n) is 1.66. The molecule has 1 atom stereocenters. The van der Waals surface area contributed by atoms with Crippen LogP contribution in [0.4, 0.5) is 8.78 Å². The van der Waals surface area contributed by atoms with E-state index in [0.29, 0.717) is 6.07 Å². The highest BCUT2D eigenvalue weighted by Crippen LogP contribution is 2.29. The zero-order valence-electron chi connectivity index (χ0n) is 11.9. The molecule has 9 heteroatoms. The molecule has 0 bridgehead atoms. The van der Waals surface area contributed by atoms with Gasteiger partial charge in [-0.15, -0.1) is 0 Å². The molecule has 1 rings (SSSR count). The van der Waals surface area contributed by atoms with E-state index >= 15 is 0 Å². The van der Waals surface area contributed by atoms with Gasteiger partial charge in [0, 0.05) is 5.56 Å². The monoisotopic (exact) mass is 342 g/mol. The summed E-state index contributed by atoms with van der Waals surface area (Å²) in [7, 11) is -7.30. The van der Waals surface area contributed by atoms with E-state index in [9.17, 15) is 21.8 Å². The van der Waals surface area contributed by atoms with Gasteiger partial charge in [-0.3, -0.25) is 8.75 Å². The molecule has 1 unspecified atom stereocenters. The van der Waals surface area contributed by atoms with Crippen LogP contribution in [0.2, 0.25) is 0 Å². The lowest BCUT2D eigenvalue weighted by Gasteiger charge is -2.12. The molecular formula is C12H17F2O5PS. The van der Waals surface area contributed by atoms with Crippen LogP contribution in [0.25, 0.3) is 0 Å². The molecular weight excluding hydrogens is 325 g/mol. The van der Waals surface area contributed by atoms with E-state index < -0.39 is 41.0 Å². The Kier molecular flexibility index (Phi) is 6.46. The second-order valence-electron chi connectivity index (χ2n) is 4.45. The third-order valence-corrected chi connectivity index (χ3v) is 5.15. The normalized spacial score (nSPS) is 13.6. The molecule has 0 aliphatic heterocycles. The zero-order chi connectivity index (χ0) is 16.2. The third-order valence-electron chi connectivity index (χ3n) is 2.46. The molecule has 0 amide bonds. The Morgan fingerprint density at radius 3 is 2.33 bits per heavy atom. The predicted molar refractivity (Wildman–Crippen MR) is 74.1 cm³/mol. The molecule has 0 fully saturated rings. The van der Waals surface area contributed by atoms with E-state index in [1.807, 2.05) is 0 Å². The van der Waals surface area contributed by atoms with Crippen LogP contribution >= 0.6 is 8.03 Å². The van der Waals surface area contributed by atoms with E-state index in [0.717, 1.165) is 6.07 Å². The van der Waals surface area contributed by atoms with Crippen LogP contribution in [0.1, 0.15) is 26.3 Å². The summed E-state index contributed by atoms with van der Waals surface area (Å²) in [5, 5.41) is 0. The molecule has 120 valence electrons. The molecule has 0 N–H and O–H groups in total. The molecule has 0 aromatic heterocycles. The number of hydrogen-bond acceptors (Lipinski definition) is 5. The minimum atomic E-state index is -4.56. The van der Waals surface area contributed by atoms with E-state index in [-0.39, 0.29) is 18.1 Å². The largest absolute Gasteiger partial charge is 0.326 e. The summed E-state index contributed by atoms with van der Waals surface area (Å²) in [6.07, 6.45) is -1.11. The highest BCUT2D eigenvalue weighted by molar-refractivity contribution is 7.87. The first-order valence-corrected chi connectivity index (χ1v) is 9.18. The second-order valence-corrected chi connectivity index (χ2v) is 7.27. The number of benzene rings is 1. The average molecular weight is 342 g/mol. The SMILES string of the molecule is CCc1c(F)ccc(F)c1S(=O)(=O)OC[PH](=O)OC(C)C. The van der Waals surface area contributed by atoms with E-state index in [1.54, 1.807) is 13.8 Å². The molecule has 0 radical (unpaired) electrons. The maximum atomic E-state index is 13.7. The smallest absolute Gasteiger partial charge is 0.300 e. The molecule has 0 heterocycles. The van der Waals surface area contributed by atoms with Crippen molar-refractivity contribution in [3.8, 4) is 0 Å². The van der Waals surface area contributed by atoms with Gasteiger partial charge < -0.3 is 4.52 Å². The van der Waals surface area contributed by atoms with Crippen LogP contribution in [0.5, 0.6) is 0 Å². The Balaban J connectivity index is 3.04. The molecule has 0 spiro atoms. The number of rotatable bonds is 7. The zero-order valence-corrected chi connectivity index (χ0v) is 13.7. The molecule has 21 heavy (non-hydrogen) atoms. The Morgan fingerprint density at radius 1 is 1.24 bits per heavy atom. The first-order chi connectivity index (χ1) is 9.69. The molecule has 1 aromatic carbocycles.